The molecule has 0 spiro atoms. The quantitative estimate of drug-likeness (QED) is 0.214. The molecule has 2 aromatic carbocycles. The molecule has 0 aromatic heterocycles. The smallest absolute Gasteiger partial charge is 0.295 e. The SMILES string of the molecule is O=C1C(O)=C(O)C(Br)=C/C1=C(\c1cc(O)c(O)c(Br)c1)c1ccccc1S(=O)(=O)O. The number of Topliss-reactive ketones (excluding diaryl/α,β-unsaturated/α-hetero) is 1. The molecule has 156 valence electrons. The lowest BCUT2D eigenvalue weighted by Gasteiger charge is -2.19. The Morgan fingerprint density at radius 2 is 1.57 bits per heavy atom. The highest BCUT2D eigenvalue weighted by atomic mass is 79.9. The molecule has 8 nitrogen and oxygen atoms in total. The van der Waals surface area contributed by atoms with E-state index >= 15 is 0 Å². The van der Waals surface area contributed by atoms with E-state index in [1.807, 2.05) is 0 Å². The lowest BCUT2D eigenvalue weighted by atomic mass is 9.88. The Morgan fingerprint density at radius 3 is 2.17 bits per heavy atom. The van der Waals surface area contributed by atoms with E-state index < -0.39 is 43.8 Å². The number of hydrogen-bond acceptors (Lipinski definition) is 7. The van der Waals surface area contributed by atoms with Gasteiger partial charge in [0.2, 0.25) is 11.5 Å². The van der Waals surface area contributed by atoms with E-state index in [1.165, 1.54) is 24.3 Å². The van der Waals surface area contributed by atoms with E-state index in [0.717, 1.165) is 18.2 Å². The second-order valence-corrected chi connectivity index (χ2v) is 9.20. The summed E-state index contributed by atoms with van der Waals surface area (Å²) >= 11 is 6.07. The van der Waals surface area contributed by atoms with E-state index in [1.54, 1.807) is 0 Å². The molecular weight excluding hydrogens is 548 g/mol. The molecule has 1 aliphatic carbocycles. The summed E-state index contributed by atoms with van der Waals surface area (Å²) in [7, 11) is -4.73. The van der Waals surface area contributed by atoms with E-state index in [0.29, 0.717) is 0 Å². The van der Waals surface area contributed by atoms with Crippen LogP contribution in [0.5, 0.6) is 11.5 Å². The van der Waals surface area contributed by atoms with E-state index in [4.69, 9.17) is 0 Å². The minimum Gasteiger partial charge on any atom is -0.504 e. The first-order valence-corrected chi connectivity index (χ1v) is 11.0. The van der Waals surface area contributed by atoms with Gasteiger partial charge >= 0.3 is 0 Å². The number of carbonyl (C=O) groups is 1. The number of hydrogen-bond donors (Lipinski definition) is 5. The normalized spacial score (nSPS) is 16.5. The number of halogens is 2. The maximum absolute atomic E-state index is 12.7. The lowest BCUT2D eigenvalue weighted by molar-refractivity contribution is -0.114. The zero-order valence-electron chi connectivity index (χ0n) is 14.7. The second-order valence-electron chi connectivity index (χ2n) is 6.10. The number of phenols is 2. The van der Waals surface area contributed by atoms with Crippen LogP contribution >= 0.6 is 31.9 Å². The molecule has 0 fully saturated rings. The number of aromatic hydroxyl groups is 2. The first-order chi connectivity index (χ1) is 13.9. The van der Waals surface area contributed by atoms with Gasteiger partial charge in [-0.25, -0.2) is 0 Å². The summed E-state index contributed by atoms with van der Waals surface area (Å²) in [4.78, 5) is 12.2. The Bertz CT molecular complexity index is 1270. The van der Waals surface area contributed by atoms with Gasteiger partial charge in [-0.3, -0.25) is 9.35 Å². The number of benzene rings is 2. The van der Waals surface area contributed by atoms with Crippen molar-refractivity contribution >= 4 is 53.3 Å². The number of carbonyl (C=O) groups excluding carboxylic acids is 1. The highest BCUT2D eigenvalue weighted by Gasteiger charge is 2.30. The summed E-state index contributed by atoms with van der Waals surface area (Å²) < 4.78 is 33.5. The molecule has 30 heavy (non-hydrogen) atoms. The maximum atomic E-state index is 12.7. The minimum absolute atomic E-state index is 0.0360. The van der Waals surface area contributed by atoms with Gasteiger partial charge in [-0.15, -0.1) is 0 Å². The van der Waals surface area contributed by atoms with Crippen molar-refractivity contribution in [2.45, 2.75) is 4.90 Å². The molecule has 0 bridgehead atoms. The number of rotatable bonds is 3. The van der Waals surface area contributed by atoms with Gasteiger partial charge in [0.1, 0.15) is 4.90 Å². The second kappa shape index (κ2) is 7.91. The van der Waals surface area contributed by atoms with Crippen LogP contribution in [0.15, 0.2) is 73.4 Å². The van der Waals surface area contributed by atoms with Crippen molar-refractivity contribution in [1.29, 1.82) is 0 Å². The van der Waals surface area contributed by atoms with Crippen molar-refractivity contribution in [2.24, 2.45) is 0 Å². The zero-order chi connectivity index (χ0) is 22.4. The van der Waals surface area contributed by atoms with E-state index in [2.05, 4.69) is 31.9 Å². The van der Waals surface area contributed by atoms with Crippen LogP contribution < -0.4 is 0 Å². The van der Waals surface area contributed by atoms with Crippen LogP contribution in [-0.4, -0.2) is 39.2 Å². The Kier molecular flexibility index (Phi) is 5.83. The Labute approximate surface area is 187 Å². The fourth-order valence-corrected chi connectivity index (χ4v) is 4.44. The first kappa shape index (κ1) is 22.1. The van der Waals surface area contributed by atoms with E-state index in [-0.39, 0.29) is 31.2 Å². The topological polar surface area (TPSA) is 152 Å². The maximum Gasteiger partial charge on any atom is 0.295 e. The van der Waals surface area contributed by atoms with Crippen LogP contribution in [0.3, 0.4) is 0 Å². The third kappa shape index (κ3) is 3.88. The largest absolute Gasteiger partial charge is 0.504 e. The molecule has 0 amide bonds. The summed E-state index contributed by atoms with van der Waals surface area (Å²) in [5, 5.41) is 39.7. The molecule has 0 radical (unpaired) electrons. The van der Waals surface area contributed by atoms with Crippen molar-refractivity contribution in [3.63, 3.8) is 0 Å². The van der Waals surface area contributed by atoms with E-state index in [9.17, 15) is 38.2 Å². The zero-order valence-corrected chi connectivity index (χ0v) is 18.7. The molecular formula is C19H12Br2O8S. The minimum atomic E-state index is -4.73. The molecule has 0 unspecified atom stereocenters. The Morgan fingerprint density at radius 1 is 0.933 bits per heavy atom. The van der Waals surface area contributed by atoms with Crippen molar-refractivity contribution in [3.05, 3.63) is 79.6 Å². The average molecular weight is 560 g/mol. The standard InChI is InChI=1S/C19H12Br2O8S/c20-11-5-8(6-13(22)17(11)24)15(9-3-1-2-4-14(9)30(27,28)29)10-7-12(21)18(25)19(26)16(10)23/h1-7,22,24-26H,(H,27,28,29)/b15-10-. The highest BCUT2D eigenvalue weighted by Crippen LogP contribution is 2.42. The highest BCUT2D eigenvalue weighted by molar-refractivity contribution is 9.12. The van der Waals surface area contributed by atoms with Crippen LogP contribution in [0.2, 0.25) is 0 Å². The summed E-state index contributed by atoms with van der Waals surface area (Å²) in [5.41, 5.74) is -0.390. The summed E-state index contributed by atoms with van der Waals surface area (Å²) in [6.45, 7) is 0. The Hall–Kier alpha value is -2.60. The van der Waals surface area contributed by atoms with Gasteiger partial charge in [0.15, 0.2) is 17.3 Å². The summed E-state index contributed by atoms with van der Waals surface area (Å²) in [5.74, 6) is -3.78. The molecule has 3 rings (SSSR count). The number of aliphatic hydroxyl groups is 2. The number of ketones is 1. The fraction of sp³-hybridized carbons (Fsp3) is 0. The molecule has 2 aromatic rings. The number of allylic oxidation sites excluding steroid dienone is 3. The van der Waals surface area contributed by atoms with Gasteiger partial charge in [-0.2, -0.15) is 8.42 Å². The van der Waals surface area contributed by atoms with Gasteiger partial charge in [0.25, 0.3) is 10.1 Å². The van der Waals surface area contributed by atoms with Gasteiger partial charge in [0, 0.05) is 16.7 Å². The Balaban J connectivity index is 2.50. The third-order valence-electron chi connectivity index (χ3n) is 4.22. The summed E-state index contributed by atoms with van der Waals surface area (Å²) in [6.07, 6.45) is 1.16. The van der Waals surface area contributed by atoms with Crippen LogP contribution in [0.25, 0.3) is 5.57 Å². The fourth-order valence-electron chi connectivity index (χ4n) is 2.88. The number of aliphatic hydroxyl groups excluding tert-OH is 2. The molecule has 0 saturated heterocycles. The van der Waals surface area contributed by atoms with Gasteiger partial charge in [0.05, 0.1) is 8.96 Å². The molecule has 0 atom stereocenters. The molecule has 1 aliphatic rings. The van der Waals surface area contributed by atoms with Crippen molar-refractivity contribution in [2.75, 3.05) is 0 Å². The molecule has 5 N–H and O–H groups in total. The monoisotopic (exact) mass is 558 g/mol. The van der Waals surface area contributed by atoms with Crippen molar-refractivity contribution in [1.82, 2.24) is 0 Å². The lowest BCUT2D eigenvalue weighted by Crippen LogP contribution is -2.15. The average Bonchev–Trinajstić information content (AvgIpc) is 2.68. The van der Waals surface area contributed by atoms with Crippen LogP contribution in [0, 0.1) is 0 Å². The van der Waals surface area contributed by atoms with Crippen LogP contribution in [0.1, 0.15) is 11.1 Å². The van der Waals surface area contributed by atoms with Crippen LogP contribution in [-0.2, 0) is 14.9 Å². The third-order valence-corrected chi connectivity index (χ3v) is 6.34. The predicted octanol–water partition coefficient (Wildman–Crippen LogP) is 4.10. The molecule has 0 saturated carbocycles. The van der Waals surface area contributed by atoms with Crippen molar-refractivity contribution < 1.29 is 38.2 Å². The predicted molar refractivity (Wildman–Crippen MR) is 114 cm³/mol. The number of phenolic OH excluding ortho intramolecular Hbond substituents is 2. The van der Waals surface area contributed by atoms with Gasteiger partial charge in [-0.1, -0.05) is 18.2 Å². The van der Waals surface area contributed by atoms with Gasteiger partial charge < -0.3 is 20.4 Å². The van der Waals surface area contributed by atoms with Gasteiger partial charge in [-0.05, 0) is 61.7 Å². The molecule has 11 heteroatoms. The van der Waals surface area contributed by atoms with Crippen molar-refractivity contribution in [3.8, 4) is 11.5 Å². The first-order valence-electron chi connectivity index (χ1n) is 8.01. The van der Waals surface area contributed by atoms with Crippen LogP contribution in [0.4, 0.5) is 0 Å². The molecule has 0 heterocycles. The summed E-state index contributed by atoms with van der Waals surface area (Å²) in [6, 6.07) is 7.62. The molecule has 0 aliphatic heterocycles.